The quantitative estimate of drug-likeness (QED) is 0.599. The molecular formula is C17H17N3O4. The van der Waals surface area contributed by atoms with Crippen molar-refractivity contribution in [2.45, 2.75) is 19.3 Å². The fourth-order valence-corrected chi connectivity index (χ4v) is 2.21. The van der Waals surface area contributed by atoms with E-state index in [1.807, 2.05) is 0 Å². The van der Waals surface area contributed by atoms with Crippen molar-refractivity contribution in [2.24, 2.45) is 5.73 Å². The van der Waals surface area contributed by atoms with Crippen molar-refractivity contribution >= 4 is 23.2 Å². The van der Waals surface area contributed by atoms with Crippen molar-refractivity contribution < 1.29 is 14.5 Å². The predicted molar refractivity (Wildman–Crippen MR) is 89.4 cm³/mol. The van der Waals surface area contributed by atoms with Crippen molar-refractivity contribution in [3.05, 3.63) is 69.8 Å². The number of nitro groups is 1. The summed E-state index contributed by atoms with van der Waals surface area (Å²) in [7, 11) is 0. The number of benzene rings is 2. The Hall–Kier alpha value is -3.22. The van der Waals surface area contributed by atoms with Crippen LogP contribution in [0.15, 0.2) is 48.5 Å². The van der Waals surface area contributed by atoms with Gasteiger partial charge in [0.2, 0.25) is 11.8 Å². The van der Waals surface area contributed by atoms with E-state index in [-0.39, 0.29) is 24.4 Å². The number of aryl methyl sites for hydroxylation is 1. The number of carbonyl (C=O) groups is 2. The first-order valence-electron chi connectivity index (χ1n) is 7.34. The van der Waals surface area contributed by atoms with Gasteiger partial charge in [0, 0.05) is 24.2 Å². The second-order valence-electron chi connectivity index (χ2n) is 5.32. The smallest absolute Gasteiger partial charge is 0.269 e. The first kappa shape index (κ1) is 17.1. The third kappa shape index (κ3) is 5.20. The molecule has 0 atom stereocenters. The molecule has 0 aromatic heterocycles. The van der Waals surface area contributed by atoms with E-state index in [1.54, 1.807) is 36.4 Å². The molecule has 0 unspecified atom stereocenters. The second kappa shape index (κ2) is 7.87. The average Bonchev–Trinajstić information content (AvgIpc) is 2.54. The third-order valence-corrected chi connectivity index (χ3v) is 3.38. The number of nitro benzene ring substituents is 1. The molecule has 24 heavy (non-hydrogen) atoms. The van der Waals surface area contributed by atoms with Crippen LogP contribution in [0.25, 0.3) is 0 Å². The van der Waals surface area contributed by atoms with Gasteiger partial charge in [0.25, 0.3) is 5.69 Å². The number of non-ortho nitro benzene ring substituents is 1. The van der Waals surface area contributed by atoms with Crippen molar-refractivity contribution in [3.8, 4) is 0 Å². The Morgan fingerprint density at radius 3 is 2.42 bits per heavy atom. The third-order valence-electron chi connectivity index (χ3n) is 3.38. The molecule has 0 aliphatic rings. The highest BCUT2D eigenvalue weighted by molar-refractivity contribution is 5.90. The van der Waals surface area contributed by atoms with E-state index in [2.05, 4.69) is 5.32 Å². The van der Waals surface area contributed by atoms with Gasteiger partial charge in [0.1, 0.15) is 0 Å². The Bertz CT molecular complexity index is 757. The van der Waals surface area contributed by atoms with Gasteiger partial charge in [-0.15, -0.1) is 0 Å². The summed E-state index contributed by atoms with van der Waals surface area (Å²) in [6, 6.07) is 13.1. The Labute approximate surface area is 138 Å². The van der Waals surface area contributed by atoms with Crippen LogP contribution in [0, 0.1) is 10.1 Å². The van der Waals surface area contributed by atoms with Gasteiger partial charge in [-0.05, 0) is 29.7 Å². The summed E-state index contributed by atoms with van der Waals surface area (Å²) in [6.45, 7) is 0. The summed E-state index contributed by atoms with van der Waals surface area (Å²) in [6.07, 6.45) is 0.776. The minimum absolute atomic E-state index is 0.0120. The van der Waals surface area contributed by atoms with Gasteiger partial charge in [0.05, 0.1) is 11.3 Å². The highest BCUT2D eigenvalue weighted by Gasteiger charge is 2.08. The molecule has 0 heterocycles. The van der Waals surface area contributed by atoms with E-state index in [9.17, 15) is 19.7 Å². The SMILES string of the molecule is NC(=O)Cc1ccc(NC(=O)CCc2cccc([N+](=O)[O-])c2)cc1. The Balaban J connectivity index is 1.88. The van der Waals surface area contributed by atoms with Crippen LogP contribution in [0.5, 0.6) is 0 Å². The molecule has 0 fully saturated rings. The number of rotatable bonds is 7. The highest BCUT2D eigenvalue weighted by Crippen LogP contribution is 2.15. The molecule has 0 saturated carbocycles. The summed E-state index contributed by atoms with van der Waals surface area (Å²) in [4.78, 5) is 33.0. The molecular weight excluding hydrogens is 310 g/mol. The van der Waals surface area contributed by atoms with Crippen LogP contribution in [0.1, 0.15) is 17.5 Å². The number of hydrogen-bond donors (Lipinski definition) is 2. The van der Waals surface area contributed by atoms with E-state index in [1.165, 1.54) is 12.1 Å². The summed E-state index contributed by atoms with van der Waals surface area (Å²) >= 11 is 0. The van der Waals surface area contributed by atoms with Gasteiger partial charge in [-0.25, -0.2) is 0 Å². The largest absolute Gasteiger partial charge is 0.369 e. The number of amides is 2. The Morgan fingerprint density at radius 1 is 1.08 bits per heavy atom. The molecule has 7 heteroatoms. The van der Waals surface area contributed by atoms with Crippen molar-refractivity contribution in [1.82, 2.24) is 0 Å². The number of anilines is 1. The first-order chi connectivity index (χ1) is 11.4. The topological polar surface area (TPSA) is 115 Å². The number of nitrogens with zero attached hydrogens (tertiary/aromatic N) is 1. The lowest BCUT2D eigenvalue weighted by Gasteiger charge is -2.06. The van der Waals surface area contributed by atoms with Gasteiger partial charge < -0.3 is 11.1 Å². The monoisotopic (exact) mass is 327 g/mol. The highest BCUT2D eigenvalue weighted by atomic mass is 16.6. The lowest BCUT2D eigenvalue weighted by Crippen LogP contribution is -2.14. The number of primary amides is 1. The van der Waals surface area contributed by atoms with E-state index < -0.39 is 10.8 Å². The molecule has 7 nitrogen and oxygen atoms in total. The Kier molecular flexibility index (Phi) is 5.62. The molecule has 2 rings (SSSR count). The fraction of sp³-hybridized carbons (Fsp3) is 0.176. The van der Waals surface area contributed by atoms with Crippen LogP contribution in [-0.4, -0.2) is 16.7 Å². The summed E-state index contributed by atoms with van der Waals surface area (Å²) < 4.78 is 0. The lowest BCUT2D eigenvalue weighted by atomic mass is 10.1. The number of nitrogens with two attached hydrogens (primary N) is 1. The van der Waals surface area contributed by atoms with Crippen LogP contribution in [-0.2, 0) is 22.4 Å². The second-order valence-corrected chi connectivity index (χ2v) is 5.32. The zero-order valence-corrected chi connectivity index (χ0v) is 12.9. The summed E-state index contributed by atoms with van der Waals surface area (Å²) in [5.74, 6) is -0.604. The fourth-order valence-electron chi connectivity index (χ4n) is 2.21. The van der Waals surface area contributed by atoms with Crippen LogP contribution < -0.4 is 11.1 Å². The minimum atomic E-state index is -0.461. The van der Waals surface area contributed by atoms with E-state index >= 15 is 0 Å². The van der Waals surface area contributed by atoms with Crippen molar-refractivity contribution in [1.29, 1.82) is 0 Å². The number of carbonyl (C=O) groups excluding carboxylic acids is 2. The van der Waals surface area contributed by atoms with E-state index in [0.717, 1.165) is 11.1 Å². The van der Waals surface area contributed by atoms with Crippen LogP contribution in [0.2, 0.25) is 0 Å². The van der Waals surface area contributed by atoms with Gasteiger partial charge in [-0.1, -0.05) is 24.3 Å². The Morgan fingerprint density at radius 2 is 1.79 bits per heavy atom. The van der Waals surface area contributed by atoms with Crippen LogP contribution in [0.3, 0.4) is 0 Å². The predicted octanol–water partition coefficient (Wildman–Crippen LogP) is 2.19. The molecule has 0 aliphatic carbocycles. The van der Waals surface area contributed by atoms with Gasteiger partial charge >= 0.3 is 0 Å². The maximum atomic E-state index is 11.9. The van der Waals surface area contributed by atoms with Gasteiger partial charge in [-0.2, -0.15) is 0 Å². The van der Waals surface area contributed by atoms with Gasteiger partial charge in [-0.3, -0.25) is 19.7 Å². The maximum Gasteiger partial charge on any atom is 0.269 e. The number of nitrogens with one attached hydrogen (secondary N) is 1. The lowest BCUT2D eigenvalue weighted by molar-refractivity contribution is -0.384. The zero-order valence-electron chi connectivity index (χ0n) is 12.9. The van der Waals surface area contributed by atoms with Crippen LogP contribution in [0.4, 0.5) is 11.4 Å². The molecule has 3 N–H and O–H groups in total. The van der Waals surface area contributed by atoms with Crippen LogP contribution >= 0.6 is 0 Å². The molecule has 2 aromatic rings. The molecule has 0 aliphatic heterocycles. The van der Waals surface area contributed by atoms with E-state index in [0.29, 0.717) is 12.1 Å². The summed E-state index contributed by atoms with van der Waals surface area (Å²) in [5, 5.41) is 13.5. The van der Waals surface area contributed by atoms with Gasteiger partial charge in [0.15, 0.2) is 0 Å². The average molecular weight is 327 g/mol. The molecule has 0 bridgehead atoms. The molecule has 0 spiro atoms. The molecule has 0 saturated heterocycles. The minimum Gasteiger partial charge on any atom is -0.369 e. The first-order valence-corrected chi connectivity index (χ1v) is 7.34. The van der Waals surface area contributed by atoms with Crippen molar-refractivity contribution in [2.75, 3.05) is 5.32 Å². The normalized spacial score (nSPS) is 10.2. The molecule has 2 amide bonds. The standard InChI is InChI=1S/C17H17N3O4/c18-16(21)11-13-4-7-14(8-5-13)19-17(22)9-6-12-2-1-3-15(10-12)20(23)24/h1-5,7-8,10H,6,9,11H2,(H2,18,21)(H,19,22). The molecule has 124 valence electrons. The molecule has 0 radical (unpaired) electrons. The van der Waals surface area contributed by atoms with E-state index in [4.69, 9.17) is 5.73 Å². The maximum absolute atomic E-state index is 11.9. The number of hydrogen-bond acceptors (Lipinski definition) is 4. The zero-order chi connectivity index (χ0) is 17.5. The molecule has 2 aromatic carbocycles. The van der Waals surface area contributed by atoms with Crippen molar-refractivity contribution in [3.63, 3.8) is 0 Å². The summed E-state index contributed by atoms with van der Waals surface area (Å²) in [5.41, 5.74) is 7.25.